The maximum Gasteiger partial charge on any atom is 0.276 e. The van der Waals surface area contributed by atoms with Crippen molar-refractivity contribution in [2.75, 3.05) is 13.2 Å². The average Bonchev–Trinajstić information content (AvgIpc) is 2.95. The van der Waals surface area contributed by atoms with Gasteiger partial charge in [0.15, 0.2) is 11.5 Å². The zero-order chi connectivity index (χ0) is 13.6. The van der Waals surface area contributed by atoms with Crippen molar-refractivity contribution >= 4 is 28.9 Å². The molecule has 0 saturated heterocycles. The summed E-state index contributed by atoms with van der Waals surface area (Å²) in [6.45, 7) is 0.848. The van der Waals surface area contributed by atoms with Crippen molar-refractivity contribution in [3.63, 3.8) is 0 Å². The predicted molar refractivity (Wildman–Crippen MR) is 70.3 cm³/mol. The van der Waals surface area contributed by atoms with Crippen molar-refractivity contribution in [1.82, 2.24) is 0 Å². The number of rotatable bonds is 3. The number of halogens is 2. The molecule has 0 bridgehead atoms. The maximum absolute atomic E-state index is 11.1. The molecule has 1 heterocycles. The van der Waals surface area contributed by atoms with Crippen LogP contribution in [0.3, 0.4) is 0 Å². The number of ether oxygens (including phenoxy) is 2. The summed E-state index contributed by atoms with van der Waals surface area (Å²) in [5.41, 5.74) is 0.614. The monoisotopic (exact) mass is 303 g/mol. The quantitative estimate of drug-likeness (QED) is 0.489. The first-order valence-corrected chi connectivity index (χ1v) is 6.68. The lowest BCUT2D eigenvalue weighted by Gasteiger charge is -2.19. The van der Waals surface area contributed by atoms with Crippen molar-refractivity contribution in [2.24, 2.45) is 5.92 Å². The summed E-state index contributed by atoms with van der Waals surface area (Å²) in [5, 5.41) is 11.1. The topological polar surface area (TPSA) is 61.6 Å². The number of nitro groups is 1. The van der Waals surface area contributed by atoms with Crippen LogP contribution in [0.5, 0.6) is 11.5 Å². The van der Waals surface area contributed by atoms with Gasteiger partial charge >= 0.3 is 0 Å². The molecule has 1 aromatic carbocycles. The Hall–Kier alpha value is -1.20. The zero-order valence-corrected chi connectivity index (χ0v) is 11.4. The summed E-state index contributed by atoms with van der Waals surface area (Å²) in [6, 6.07) is 3.07. The lowest BCUT2D eigenvalue weighted by molar-refractivity contribution is -0.385. The third-order valence-corrected chi connectivity index (χ3v) is 4.29. The molecule has 5 nitrogen and oxygen atoms in total. The summed E-state index contributed by atoms with van der Waals surface area (Å²) >= 11 is 11.9. The van der Waals surface area contributed by atoms with Gasteiger partial charge in [0.25, 0.3) is 5.69 Å². The van der Waals surface area contributed by atoms with E-state index >= 15 is 0 Å². The normalized spacial score (nSPS) is 22.9. The Labute approximate surface area is 119 Å². The average molecular weight is 304 g/mol. The number of hydrogen-bond donors (Lipinski definition) is 0. The maximum atomic E-state index is 11.1. The number of fused-ring (bicyclic) bond motifs is 1. The Bertz CT molecular complexity index is 547. The molecule has 102 valence electrons. The smallest absolute Gasteiger partial charge is 0.276 e. The van der Waals surface area contributed by atoms with Gasteiger partial charge in [0, 0.05) is 5.56 Å². The first-order valence-electron chi connectivity index (χ1n) is 5.92. The molecule has 0 spiro atoms. The molecule has 0 aromatic heterocycles. The molecule has 7 heteroatoms. The molecular formula is C12H11Cl2NO4. The van der Waals surface area contributed by atoms with Crippen molar-refractivity contribution in [3.8, 4) is 11.5 Å². The van der Waals surface area contributed by atoms with Gasteiger partial charge in [-0.25, -0.2) is 0 Å². The van der Waals surface area contributed by atoms with Crippen LogP contribution in [-0.2, 0) is 6.42 Å². The number of nitro benzene ring substituents is 1. The molecule has 3 rings (SSSR count). The molecular weight excluding hydrogens is 293 g/mol. The fourth-order valence-electron chi connectivity index (χ4n) is 2.21. The Morgan fingerprint density at radius 3 is 2.42 bits per heavy atom. The minimum atomic E-state index is -0.749. The van der Waals surface area contributed by atoms with Gasteiger partial charge in [0.2, 0.25) is 0 Å². The summed E-state index contributed by atoms with van der Waals surface area (Å²) in [5.74, 6) is 1.01. The van der Waals surface area contributed by atoms with Crippen molar-refractivity contribution in [3.05, 3.63) is 27.8 Å². The molecule has 0 amide bonds. The SMILES string of the molecule is O=[N+]([O-])c1cc2c(cc1CC1CC1(Cl)Cl)OCCO2. The molecule has 1 aliphatic carbocycles. The van der Waals surface area contributed by atoms with E-state index in [9.17, 15) is 10.1 Å². The first kappa shape index (κ1) is 12.8. The van der Waals surface area contributed by atoms with Crippen molar-refractivity contribution in [2.45, 2.75) is 17.2 Å². The van der Waals surface area contributed by atoms with E-state index in [2.05, 4.69) is 0 Å². The summed E-state index contributed by atoms with van der Waals surface area (Å²) in [4.78, 5) is 10.7. The van der Waals surface area contributed by atoms with E-state index in [4.69, 9.17) is 32.7 Å². The highest BCUT2D eigenvalue weighted by Gasteiger charge is 2.51. The second kappa shape index (κ2) is 4.42. The van der Waals surface area contributed by atoms with E-state index in [1.165, 1.54) is 6.07 Å². The van der Waals surface area contributed by atoms with E-state index < -0.39 is 9.26 Å². The lowest BCUT2D eigenvalue weighted by atomic mass is 10.1. The second-order valence-electron chi connectivity index (χ2n) is 4.75. The Morgan fingerprint density at radius 2 is 1.89 bits per heavy atom. The highest BCUT2D eigenvalue weighted by molar-refractivity contribution is 6.50. The first-order chi connectivity index (χ1) is 8.97. The van der Waals surface area contributed by atoms with E-state index in [1.54, 1.807) is 6.07 Å². The fourth-order valence-corrected chi connectivity index (χ4v) is 2.74. The Morgan fingerprint density at radius 1 is 1.32 bits per heavy atom. The van der Waals surface area contributed by atoms with E-state index in [-0.39, 0.29) is 11.6 Å². The molecule has 19 heavy (non-hydrogen) atoms. The van der Waals surface area contributed by atoms with E-state index in [0.29, 0.717) is 43.1 Å². The standard InChI is InChI=1S/C12H11Cl2NO4/c13-12(14)6-8(12)3-7-4-10-11(19-2-1-18-10)5-9(7)15(16)17/h4-5,8H,1-3,6H2. The van der Waals surface area contributed by atoms with Crippen LogP contribution >= 0.6 is 23.2 Å². The molecule has 0 N–H and O–H groups in total. The van der Waals surface area contributed by atoms with Crippen molar-refractivity contribution < 1.29 is 14.4 Å². The van der Waals surface area contributed by atoms with Crippen LogP contribution in [0.1, 0.15) is 12.0 Å². The zero-order valence-electron chi connectivity index (χ0n) is 9.90. The van der Waals surface area contributed by atoms with Gasteiger partial charge < -0.3 is 9.47 Å². The highest BCUT2D eigenvalue weighted by atomic mass is 35.5. The Kier molecular flexibility index (Phi) is 2.98. The Balaban J connectivity index is 1.94. The molecule has 1 aromatic rings. The summed E-state index contributed by atoms with van der Waals surface area (Å²) in [6.07, 6.45) is 1.13. The molecule has 1 atom stereocenters. The van der Waals surface area contributed by atoms with Gasteiger partial charge in [0.05, 0.1) is 11.0 Å². The molecule has 1 saturated carbocycles. The number of nitrogens with zero attached hydrogens (tertiary/aromatic N) is 1. The van der Waals surface area contributed by atoms with Gasteiger partial charge in [-0.05, 0) is 24.8 Å². The highest BCUT2D eigenvalue weighted by Crippen LogP contribution is 2.55. The predicted octanol–water partition coefficient (Wildman–Crippen LogP) is 3.10. The molecule has 1 fully saturated rings. The van der Waals surface area contributed by atoms with E-state index in [1.807, 2.05) is 0 Å². The molecule has 2 aliphatic rings. The third kappa shape index (κ3) is 2.44. The van der Waals surface area contributed by atoms with Crippen LogP contribution in [0.15, 0.2) is 12.1 Å². The number of alkyl halides is 2. The minimum Gasteiger partial charge on any atom is -0.486 e. The van der Waals surface area contributed by atoms with Crippen LogP contribution in [0.4, 0.5) is 5.69 Å². The minimum absolute atomic E-state index is 0.0280. The van der Waals surface area contributed by atoms with Gasteiger partial charge in [-0.3, -0.25) is 10.1 Å². The third-order valence-electron chi connectivity index (χ3n) is 3.36. The molecule has 0 radical (unpaired) electrons. The molecule has 1 unspecified atom stereocenters. The van der Waals surface area contributed by atoms with Crippen LogP contribution in [0.25, 0.3) is 0 Å². The van der Waals surface area contributed by atoms with Crippen LogP contribution < -0.4 is 9.47 Å². The second-order valence-corrected chi connectivity index (χ2v) is 6.29. The summed E-state index contributed by atoms with van der Waals surface area (Å²) in [7, 11) is 0. The number of hydrogen-bond acceptors (Lipinski definition) is 4. The fraction of sp³-hybridized carbons (Fsp3) is 0.500. The lowest BCUT2D eigenvalue weighted by Crippen LogP contribution is -2.16. The number of benzene rings is 1. The van der Waals surface area contributed by atoms with Crippen LogP contribution in [0.2, 0.25) is 0 Å². The van der Waals surface area contributed by atoms with Gasteiger partial charge in [-0.15, -0.1) is 23.2 Å². The summed E-state index contributed by atoms with van der Waals surface area (Å²) < 4.78 is 10.0. The van der Waals surface area contributed by atoms with Gasteiger partial charge in [-0.2, -0.15) is 0 Å². The van der Waals surface area contributed by atoms with E-state index in [0.717, 1.165) is 0 Å². The largest absolute Gasteiger partial charge is 0.486 e. The molecule has 1 aliphatic heterocycles. The van der Waals surface area contributed by atoms with Crippen LogP contribution in [-0.4, -0.2) is 22.5 Å². The van der Waals surface area contributed by atoms with Gasteiger partial charge in [-0.1, -0.05) is 0 Å². The van der Waals surface area contributed by atoms with Gasteiger partial charge in [0.1, 0.15) is 17.5 Å². The van der Waals surface area contributed by atoms with Crippen LogP contribution in [0, 0.1) is 16.0 Å². The van der Waals surface area contributed by atoms with Crippen molar-refractivity contribution in [1.29, 1.82) is 0 Å².